The van der Waals surface area contributed by atoms with Gasteiger partial charge in [-0.1, -0.05) is 24.3 Å². The predicted molar refractivity (Wildman–Crippen MR) is 117 cm³/mol. The second-order valence-corrected chi connectivity index (χ2v) is 8.97. The van der Waals surface area contributed by atoms with E-state index in [1.54, 1.807) is 24.3 Å². The highest BCUT2D eigenvalue weighted by Crippen LogP contribution is 2.22. The number of amides is 3. The van der Waals surface area contributed by atoms with Crippen LogP contribution in [0, 0.1) is 10.1 Å². The third-order valence-corrected chi connectivity index (χ3v) is 6.81. The first-order chi connectivity index (χ1) is 15.3. The number of nitro groups is 1. The molecule has 32 heavy (non-hydrogen) atoms. The monoisotopic (exact) mass is 461 g/mol. The molecule has 0 aromatic heterocycles. The number of sulfonamides is 1. The van der Waals surface area contributed by atoms with E-state index in [1.165, 1.54) is 27.4 Å². The maximum absolute atomic E-state index is 12.8. The van der Waals surface area contributed by atoms with Gasteiger partial charge in [-0.25, -0.2) is 13.2 Å². The molecule has 2 aromatic rings. The third kappa shape index (κ3) is 5.80. The van der Waals surface area contributed by atoms with Gasteiger partial charge in [0.2, 0.25) is 15.9 Å². The van der Waals surface area contributed by atoms with Crippen molar-refractivity contribution in [1.82, 2.24) is 14.5 Å². The Labute approximate surface area is 185 Å². The summed E-state index contributed by atoms with van der Waals surface area (Å²) in [5.74, 6) is -0.197. The summed E-state index contributed by atoms with van der Waals surface area (Å²) in [5, 5.41) is 16.2. The van der Waals surface area contributed by atoms with E-state index in [2.05, 4.69) is 10.6 Å². The number of nitro benzene ring substituents is 1. The molecular formula is C20H23N5O6S. The van der Waals surface area contributed by atoms with Crippen LogP contribution in [-0.4, -0.2) is 67.2 Å². The first-order valence-corrected chi connectivity index (χ1v) is 11.3. The van der Waals surface area contributed by atoms with Gasteiger partial charge < -0.3 is 15.5 Å². The topological polar surface area (TPSA) is 142 Å². The molecule has 3 amide bonds. The largest absolute Gasteiger partial charge is 0.340 e. The van der Waals surface area contributed by atoms with E-state index in [9.17, 15) is 28.1 Å². The zero-order valence-corrected chi connectivity index (χ0v) is 18.0. The van der Waals surface area contributed by atoms with Gasteiger partial charge in [-0.2, -0.15) is 4.31 Å². The standard InChI is InChI=1S/C20H23N5O6S/c26-19(9-10-21-20(27)22-16-5-2-1-3-6-16)23-11-13-24(14-12-23)32(30,31)18-8-4-7-17(15-18)25(28)29/h1-8,15H,9-14H2,(H2,21,22,27). The number of anilines is 1. The number of rotatable bonds is 7. The number of urea groups is 1. The molecule has 11 nitrogen and oxygen atoms in total. The zero-order valence-electron chi connectivity index (χ0n) is 17.1. The molecule has 12 heteroatoms. The highest BCUT2D eigenvalue weighted by atomic mass is 32.2. The predicted octanol–water partition coefficient (Wildman–Crippen LogP) is 1.64. The molecule has 2 aromatic carbocycles. The van der Waals surface area contributed by atoms with Crippen LogP contribution in [-0.2, 0) is 14.8 Å². The molecule has 0 unspecified atom stereocenters. The maximum Gasteiger partial charge on any atom is 0.319 e. The van der Waals surface area contributed by atoms with Crippen molar-refractivity contribution in [3.8, 4) is 0 Å². The number of non-ortho nitro benzene ring substituents is 1. The molecule has 0 atom stereocenters. The van der Waals surface area contributed by atoms with Gasteiger partial charge >= 0.3 is 6.03 Å². The molecule has 1 fully saturated rings. The van der Waals surface area contributed by atoms with Gasteiger partial charge in [-0.3, -0.25) is 14.9 Å². The van der Waals surface area contributed by atoms with Crippen LogP contribution in [0.1, 0.15) is 6.42 Å². The van der Waals surface area contributed by atoms with Gasteiger partial charge in [0, 0.05) is 57.0 Å². The van der Waals surface area contributed by atoms with Crippen LogP contribution in [0.15, 0.2) is 59.5 Å². The Bertz CT molecular complexity index is 1080. The number of carbonyl (C=O) groups excluding carboxylic acids is 2. The number of hydrogen-bond acceptors (Lipinski definition) is 6. The molecule has 0 aliphatic carbocycles. The first-order valence-electron chi connectivity index (χ1n) is 9.89. The van der Waals surface area contributed by atoms with Crippen LogP contribution in [0.3, 0.4) is 0 Å². The second-order valence-electron chi connectivity index (χ2n) is 7.04. The Morgan fingerprint density at radius 2 is 1.69 bits per heavy atom. The molecule has 1 heterocycles. The number of benzene rings is 2. The van der Waals surface area contributed by atoms with Crippen molar-refractivity contribution in [3.63, 3.8) is 0 Å². The minimum Gasteiger partial charge on any atom is -0.340 e. The summed E-state index contributed by atoms with van der Waals surface area (Å²) in [4.78, 5) is 35.9. The molecular weight excluding hydrogens is 438 g/mol. The Kier molecular flexibility index (Phi) is 7.38. The summed E-state index contributed by atoms with van der Waals surface area (Å²) in [6.07, 6.45) is 0.0832. The Balaban J connectivity index is 1.46. The van der Waals surface area contributed by atoms with Crippen LogP contribution in [0.25, 0.3) is 0 Å². The van der Waals surface area contributed by atoms with Crippen molar-refractivity contribution in [2.24, 2.45) is 0 Å². The highest BCUT2D eigenvalue weighted by Gasteiger charge is 2.30. The minimum absolute atomic E-state index is 0.0820. The van der Waals surface area contributed by atoms with Crippen molar-refractivity contribution in [1.29, 1.82) is 0 Å². The van der Waals surface area contributed by atoms with Crippen LogP contribution >= 0.6 is 0 Å². The fraction of sp³-hybridized carbons (Fsp3) is 0.300. The molecule has 0 saturated carbocycles. The molecule has 2 N–H and O–H groups in total. The normalized spacial score (nSPS) is 14.6. The lowest BCUT2D eigenvalue weighted by atomic mass is 10.3. The van der Waals surface area contributed by atoms with Crippen molar-refractivity contribution < 1.29 is 22.9 Å². The van der Waals surface area contributed by atoms with E-state index in [0.717, 1.165) is 6.07 Å². The number of nitrogens with zero attached hydrogens (tertiary/aromatic N) is 3. The Morgan fingerprint density at radius 1 is 1.00 bits per heavy atom. The lowest BCUT2D eigenvalue weighted by Crippen LogP contribution is -2.50. The summed E-state index contributed by atoms with van der Waals surface area (Å²) in [5.41, 5.74) is 0.334. The van der Waals surface area contributed by atoms with Gasteiger partial charge in [0.1, 0.15) is 0 Å². The number of hydrogen-bond donors (Lipinski definition) is 2. The van der Waals surface area contributed by atoms with Gasteiger partial charge in [0.05, 0.1) is 9.82 Å². The fourth-order valence-corrected chi connectivity index (χ4v) is 4.68. The average molecular weight is 462 g/mol. The molecule has 1 aliphatic heterocycles. The molecule has 0 radical (unpaired) electrons. The van der Waals surface area contributed by atoms with Crippen molar-refractivity contribution in [2.45, 2.75) is 11.3 Å². The van der Waals surface area contributed by atoms with Gasteiger partial charge in [0.25, 0.3) is 5.69 Å². The number of piperazine rings is 1. The molecule has 0 spiro atoms. The Morgan fingerprint density at radius 3 is 2.34 bits per heavy atom. The van der Waals surface area contributed by atoms with Gasteiger partial charge in [-0.05, 0) is 18.2 Å². The quantitative estimate of drug-likeness (QED) is 0.474. The summed E-state index contributed by atoms with van der Waals surface area (Å²) in [6, 6.07) is 13.4. The first kappa shape index (κ1) is 23.2. The zero-order chi connectivity index (χ0) is 23.1. The van der Waals surface area contributed by atoms with Crippen LogP contribution in [0.4, 0.5) is 16.2 Å². The highest BCUT2D eigenvalue weighted by molar-refractivity contribution is 7.89. The van der Waals surface area contributed by atoms with E-state index >= 15 is 0 Å². The average Bonchev–Trinajstić information content (AvgIpc) is 2.79. The van der Waals surface area contributed by atoms with Gasteiger partial charge in [-0.15, -0.1) is 0 Å². The summed E-state index contributed by atoms with van der Waals surface area (Å²) < 4.78 is 26.8. The van der Waals surface area contributed by atoms with Crippen LogP contribution in [0.5, 0.6) is 0 Å². The van der Waals surface area contributed by atoms with E-state index in [4.69, 9.17) is 0 Å². The Hall–Kier alpha value is -3.51. The molecule has 1 saturated heterocycles. The van der Waals surface area contributed by atoms with Gasteiger partial charge in [0.15, 0.2) is 0 Å². The smallest absolute Gasteiger partial charge is 0.319 e. The van der Waals surface area contributed by atoms with Crippen LogP contribution in [0.2, 0.25) is 0 Å². The molecule has 3 rings (SSSR count). The molecule has 0 bridgehead atoms. The summed E-state index contributed by atoms with van der Waals surface area (Å²) in [6.45, 7) is 0.702. The summed E-state index contributed by atoms with van der Waals surface area (Å²) in [7, 11) is -3.90. The van der Waals surface area contributed by atoms with E-state index < -0.39 is 21.0 Å². The number of carbonyl (C=O) groups is 2. The van der Waals surface area contributed by atoms with Crippen molar-refractivity contribution >= 4 is 33.3 Å². The third-order valence-electron chi connectivity index (χ3n) is 4.91. The molecule has 1 aliphatic rings. The maximum atomic E-state index is 12.8. The number of nitrogens with one attached hydrogen (secondary N) is 2. The SMILES string of the molecule is O=C(NCCC(=O)N1CCN(S(=O)(=O)c2cccc([N+](=O)[O-])c2)CC1)Nc1ccccc1. The lowest BCUT2D eigenvalue weighted by molar-refractivity contribution is -0.385. The molecule has 170 valence electrons. The van der Waals surface area contributed by atoms with Crippen molar-refractivity contribution in [3.05, 3.63) is 64.7 Å². The van der Waals surface area contributed by atoms with E-state index in [1.807, 2.05) is 6.07 Å². The van der Waals surface area contributed by atoms with E-state index in [-0.39, 0.29) is 55.6 Å². The second kappa shape index (κ2) is 10.2. The lowest BCUT2D eigenvalue weighted by Gasteiger charge is -2.34. The number of para-hydroxylation sites is 1. The fourth-order valence-electron chi connectivity index (χ4n) is 3.22. The van der Waals surface area contributed by atoms with Crippen molar-refractivity contribution in [2.75, 3.05) is 38.0 Å². The minimum atomic E-state index is -3.90. The summed E-state index contributed by atoms with van der Waals surface area (Å²) >= 11 is 0. The van der Waals surface area contributed by atoms with Crippen LogP contribution < -0.4 is 10.6 Å². The van der Waals surface area contributed by atoms with E-state index in [0.29, 0.717) is 5.69 Å².